The van der Waals surface area contributed by atoms with E-state index in [0.717, 1.165) is 0 Å². The largest absolute Gasteiger partial charge is 3.00 e. The molecule has 13 heavy (non-hydrogen) atoms. The topological polar surface area (TPSA) is 172 Å². The minimum Gasteiger partial charge on any atom is -0.744 e. The first-order valence-corrected chi connectivity index (χ1v) is 4.93. The van der Waals surface area contributed by atoms with Gasteiger partial charge in [-0.2, -0.15) is 0 Å². The standard InChI is InChI=1S/Ce.3HO3P/c;3*1-4(2)3/h;3*(H,1,2,3)/q+3;;;/p-3. The van der Waals surface area contributed by atoms with E-state index in [4.69, 9.17) is 42.1 Å². The smallest absolute Gasteiger partial charge is 0.744 e. The maximum absolute atomic E-state index is 8.48. The van der Waals surface area contributed by atoms with Crippen molar-refractivity contribution in [3.05, 3.63) is 0 Å². The van der Waals surface area contributed by atoms with Gasteiger partial charge in [-0.1, -0.05) is 0 Å². The quantitative estimate of drug-likeness (QED) is 0.446. The maximum Gasteiger partial charge on any atom is 3.00 e. The molecule has 0 unspecified atom stereocenters. The van der Waals surface area contributed by atoms with Crippen molar-refractivity contribution in [3.63, 3.8) is 0 Å². The SMILES string of the molecule is O=P(=O)[O-].O=P(=O)[O-].O=P(=O)[O-].[Ce+3]. The average molecular weight is 377 g/mol. The monoisotopic (exact) mass is 377 g/mol. The molecule has 0 aromatic heterocycles. The zero-order valence-corrected chi connectivity index (χ0v) is 11.3. The molecule has 0 heterocycles. The predicted octanol–water partition coefficient (Wildman–Crippen LogP) is -1.70. The van der Waals surface area contributed by atoms with Crippen molar-refractivity contribution in [3.8, 4) is 0 Å². The van der Waals surface area contributed by atoms with Gasteiger partial charge < -0.3 is 14.7 Å². The van der Waals surface area contributed by atoms with Crippen molar-refractivity contribution in [2.75, 3.05) is 0 Å². The summed E-state index contributed by atoms with van der Waals surface area (Å²) < 4.78 is 50.9. The molecule has 0 aliphatic heterocycles. The van der Waals surface area contributed by atoms with Gasteiger partial charge in [-0.15, -0.1) is 0 Å². The van der Waals surface area contributed by atoms with Gasteiger partial charge in [0.25, 0.3) is 0 Å². The molecule has 0 spiro atoms. The van der Waals surface area contributed by atoms with Crippen LogP contribution in [0.3, 0.4) is 0 Å². The van der Waals surface area contributed by atoms with Crippen LogP contribution in [0, 0.1) is 41.7 Å². The van der Waals surface area contributed by atoms with Gasteiger partial charge in [-0.25, -0.2) is 0 Å². The van der Waals surface area contributed by atoms with Crippen LogP contribution < -0.4 is 14.7 Å². The first kappa shape index (κ1) is 23.6. The van der Waals surface area contributed by atoms with Gasteiger partial charge in [0.15, 0.2) is 0 Å². The zero-order chi connectivity index (χ0) is 10.7. The molecule has 0 aliphatic carbocycles. The van der Waals surface area contributed by atoms with Crippen LogP contribution in [0.1, 0.15) is 0 Å². The van der Waals surface area contributed by atoms with Crippen molar-refractivity contribution in [2.45, 2.75) is 0 Å². The van der Waals surface area contributed by atoms with E-state index < -0.39 is 23.7 Å². The Kier molecular flexibility index (Phi) is 34.0. The minimum atomic E-state index is -3.37. The molecule has 0 N–H and O–H groups in total. The molecular formula is CeO9P3. The fourth-order valence-corrected chi connectivity index (χ4v) is 0. The van der Waals surface area contributed by atoms with Crippen molar-refractivity contribution < 1.29 is 83.8 Å². The molecule has 0 aromatic carbocycles. The predicted molar refractivity (Wildman–Crippen MR) is 24.9 cm³/mol. The van der Waals surface area contributed by atoms with E-state index in [1.807, 2.05) is 0 Å². The second-order valence-electron chi connectivity index (χ2n) is 0.671. The summed E-state index contributed by atoms with van der Waals surface area (Å²) in [6.45, 7) is 0. The summed E-state index contributed by atoms with van der Waals surface area (Å²) in [6, 6.07) is 0. The normalized spacial score (nSPS) is 5.77. The van der Waals surface area contributed by atoms with Gasteiger partial charge in [-0.05, 0) is 0 Å². The Hall–Kier alpha value is 0.957. The summed E-state index contributed by atoms with van der Waals surface area (Å²) in [4.78, 5) is 25.4. The molecule has 73 valence electrons. The summed E-state index contributed by atoms with van der Waals surface area (Å²) in [5, 5.41) is 0. The summed E-state index contributed by atoms with van der Waals surface area (Å²) >= 11 is 0. The Morgan fingerprint density at radius 2 is 0.538 bits per heavy atom. The third-order valence-corrected chi connectivity index (χ3v) is 0. The molecule has 0 bridgehead atoms. The summed E-state index contributed by atoms with van der Waals surface area (Å²) in [6.07, 6.45) is 0. The van der Waals surface area contributed by atoms with Gasteiger partial charge in [0.1, 0.15) is 0 Å². The Morgan fingerprint density at radius 1 is 0.538 bits per heavy atom. The van der Waals surface area contributed by atoms with E-state index in [9.17, 15) is 0 Å². The summed E-state index contributed by atoms with van der Waals surface area (Å²) in [5.41, 5.74) is 0. The van der Waals surface area contributed by atoms with E-state index >= 15 is 0 Å². The Labute approximate surface area is 107 Å². The molecule has 0 fully saturated rings. The third kappa shape index (κ3) is 1700. The molecule has 0 aliphatic rings. The van der Waals surface area contributed by atoms with E-state index in [0.29, 0.717) is 0 Å². The minimum absolute atomic E-state index is 0. The number of hydrogen-bond acceptors (Lipinski definition) is 9. The summed E-state index contributed by atoms with van der Waals surface area (Å²) in [5.74, 6) is 0. The van der Waals surface area contributed by atoms with Crippen molar-refractivity contribution in [1.82, 2.24) is 0 Å². The molecule has 0 aromatic rings. The molecule has 0 rings (SSSR count). The van der Waals surface area contributed by atoms with Crippen LogP contribution in [0.2, 0.25) is 0 Å². The third-order valence-electron chi connectivity index (χ3n) is 0. The van der Waals surface area contributed by atoms with Crippen molar-refractivity contribution >= 4 is 23.7 Å². The van der Waals surface area contributed by atoms with Crippen LogP contribution in [0.25, 0.3) is 0 Å². The number of hydrogen-bond donors (Lipinski definition) is 0. The second kappa shape index (κ2) is 18.7. The second-order valence-corrected chi connectivity index (χ2v) is 2.01. The molecule has 0 atom stereocenters. The average Bonchev–Trinajstić information content (AvgIpc) is 1.54. The molecule has 9 nitrogen and oxygen atoms in total. The van der Waals surface area contributed by atoms with Crippen LogP contribution in [0.15, 0.2) is 0 Å². The van der Waals surface area contributed by atoms with Gasteiger partial charge in [0.2, 0.25) is 23.7 Å². The van der Waals surface area contributed by atoms with Crippen molar-refractivity contribution in [1.29, 1.82) is 0 Å². The fraction of sp³-hybridized carbons (Fsp3) is 0. The van der Waals surface area contributed by atoms with Crippen LogP contribution >= 0.6 is 23.7 Å². The molecule has 0 saturated heterocycles. The molecule has 0 saturated carbocycles. The van der Waals surface area contributed by atoms with E-state index in [1.54, 1.807) is 0 Å². The number of rotatable bonds is 0. The Bertz CT molecular complexity index is 208. The molecule has 0 amide bonds. The van der Waals surface area contributed by atoms with E-state index in [2.05, 4.69) is 0 Å². The Balaban J connectivity index is -0.0000000450. The summed E-state index contributed by atoms with van der Waals surface area (Å²) in [7, 11) is -10.1. The molecule has 1 radical (unpaired) electrons. The van der Waals surface area contributed by atoms with E-state index in [1.165, 1.54) is 0 Å². The van der Waals surface area contributed by atoms with Gasteiger partial charge in [0, 0.05) is 0 Å². The van der Waals surface area contributed by atoms with Crippen LogP contribution in [0.4, 0.5) is 0 Å². The van der Waals surface area contributed by atoms with Crippen LogP contribution in [-0.4, -0.2) is 0 Å². The van der Waals surface area contributed by atoms with Gasteiger partial charge in [-0.3, -0.25) is 27.4 Å². The van der Waals surface area contributed by atoms with E-state index in [-0.39, 0.29) is 41.7 Å². The Morgan fingerprint density at radius 3 is 0.538 bits per heavy atom. The maximum atomic E-state index is 8.48. The van der Waals surface area contributed by atoms with Gasteiger partial charge in [0.05, 0.1) is 0 Å². The fourth-order valence-electron chi connectivity index (χ4n) is 0. The first-order valence-electron chi connectivity index (χ1n) is 1.64. The molecular weight excluding hydrogens is 377 g/mol. The first-order chi connectivity index (χ1) is 5.20. The van der Waals surface area contributed by atoms with Crippen molar-refractivity contribution in [2.24, 2.45) is 0 Å². The van der Waals surface area contributed by atoms with Crippen LogP contribution in [-0.2, 0) is 27.4 Å². The zero-order valence-electron chi connectivity index (χ0n) is 5.52. The van der Waals surface area contributed by atoms with Crippen LogP contribution in [0.5, 0.6) is 0 Å². The molecule has 13 heteroatoms. The van der Waals surface area contributed by atoms with Gasteiger partial charge >= 0.3 is 41.7 Å².